The number of anilines is 1. The first-order chi connectivity index (χ1) is 22.4. The second kappa shape index (κ2) is 12.3. The molecule has 9 nitrogen and oxygen atoms in total. The molecule has 1 saturated carbocycles. The SMILES string of the molecule is Cc1ccc2c(c1)C(=O)[C@]1([C@@H](NCC3CCCO3)O2)[C@@H](C(=O)NC2CCCCC2)N(c2ccccc2)C(=O)[C@]1(O)c1ccccc1. The van der Waals surface area contributed by atoms with Gasteiger partial charge in [0.05, 0.1) is 11.7 Å². The first kappa shape index (κ1) is 30.6. The summed E-state index contributed by atoms with van der Waals surface area (Å²) < 4.78 is 12.6. The van der Waals surface area contributed by atoms with Crippen LogP contribution in [0.5, 0.6) is 5.75 Å². The standard InChI is InChI=1S/C37H41N3O6/c1-24-19-20-30-29(22-24)32(41)36(34(46-30)38-23-28-18-11-21-45-28)31(33(42)39-26-14-7-3-8-15-26)40(27-16-9-4-10-17-27)35(43)37(36,44)25-12-5-2-6-13-25/h2,4-6,9-10,12-13,16-17,19-20,22,26,28,31,34,38,44H,3,7-8,11,14-15,18,21,23H2,1H3,(H,39,42)/t28?,31-,34+,36+,37-/m1/s1. The van der Waals surface area contributed by atoms with Crippen LogP contribution in [0.15, 0.2) is 78.9 Å². The number of aliphatic hydroxyl groups is 1. The predicted molar refractivity (Wildman–Crippen MR) is 172 cm³/mol. The highest BCUT2D eigenvalue weighted by Gasteiger charge is 2.79. The van der Waals surface area contributed by atoms with Gasteiger partial charge in [0.25, 0.3) is 5.91 Å². The van der Waals surface area contributed by atoms with Crippen molar-refractivity contribution in [2.24, 2.45) is 5.41 Å². The molecular formula is C37H41N3O6. The topological polar surface area (TPSA) is 117 Å². The summed E-state index contributed by atoms with van der Waals surface area (Å²) in [5.74, 6) is -1.44. The normalized spacial score (nSPS) is 29.5. The zero-order valence-corrected chi connectivity index (χ0v) is 26.1. The van der Waals surface area contributed by atoms with Gasteiger partial charge in [-0.3, -0.25) is 24.6 Å². The lowest BCUT2D eigenvalue weighted by atomic mass is 9.60. The summed E-state index contributed by atoms with van der Waals surface area (Å²) in [6.45, 7) is 2.81. The molecule has 240 valence electrons. The van der Waals surface area contributed by atoms with Crippen LogP contribution in [0.25, 0.3) is 0 Å². The molecule has 9 heteroatoms. The van der Waals surface area contributed by atoms with Crippen molar-refractivity contribution in [1.29, 1.82) is 0 Å². The van der Waals surface area contributed by atoms with E-state index in [2.05, 4.69) is 10.6 Å². The average molecular weight is 624 g/mol. The van der Waals surface area contributed by atoms with Crippen molar-refractivity contribution in [1.82, 2.24) is 10.6 Å². The minimum Gasteiger partial charge on any atom is -0.473 e. The number of nitrogens with one attached hydrogen (secondary N) is 2. The molecule has 46 heavy (non-hydrogen) atoms. The lowest BCUT2D eigenvalue weighted by Gasteiger charge is -2.49. The number of ketones is 1. The molecule has 5 atom stereocenters. The van der Waals surface area contributed by atoms with Crippen LogP contribution in [0.3, 0.4) is 0 Å². The molecule has 1 spiro atoms. The lowest BCUT2D eigenvalue weighted by Crippen LogP contribution is -2.71. The van der Waals surface area contributed by atoms with E-state index in [-0.39, 0.29) is 23.3 Å². The summed E-state index contributed by atoms with van der Waals surface area (Å²) in [5, 5.41) is 19.9. The summed E-state index contributed by atoms with van der Waals surface area (Å²) in [4.78, 5) is 46.7. The number of benzene rings is 3. The fourth-order valence-corrected chi connectivity index (χ4v) is 7.97. The zero-order chi connectivity index (χ0) is 31.9. The number of amides is 2. The average Bonchev–Trinajstić information content (AvgIpc) is 3.68. The molecule has 0 aromatic heterocycles. The molecule has 7 rings (SSSR count). The minimum atomic E-state index is -2.48. The van der Waals surface area contributed by atoms with E-state index in [1.807, 2.05) is 19.1 Å². The second-order valence-corrected chi connectivity index (χ2v) is 13.1. The minimum absolute atomic E-state index is 0.108. The van der Waals surface area contributed by atoms with Crippen LogP contribution >= 0.6 is 0 Å². The Morgan fingerprint density at radius 2 is 1.65 bits per heavy atom. The molecule has 3 fully saturated rings. The van der Waals surface area contributed by atoms with Gasteiger partial charge in [-0.25, -0.2) is 0 Å². The first-order valence-electron chi connectivity index (χ1n) is 16.5. The van der Waals surface area contributed by atoms with Gasteiger partial charge in [-0.2, -0.15) is 0 Å². The van der Waals surface area contributed by atoms with Crippen molar-refractivity contribution in [3.05, 3.63) is 95.6 Å². The number of ether oxygens (including phenoxy) is 2. The Labute approximate surface area is 269 Å². The van der Waals surface area contributed by atoms with Crippen LogP contribution < -0.4 is 20.3 Å². The Kier molecular flexibility index (Phi) is 8.17. The molecule has 0 bridgehead atoms. The molecule has 3 N–H and O–H groups in total. The second-order valence-electron chi connectivity index (χ2n) is 13.1. The predicted octanol–water partition coefficient (Wildman–Crippen LogP) is 4.40. The van der Waals surface area contributed by atoms with Gasteiger partial charge in [0, 0.05) is 24.9 Å². The third-order valence-electron chi connectivity index (χ3n) is 10.2. The highest BCUT2D eigenvalue weighted by Crippen LogP contribution is 2.59. The van der Waals surface area contributed by atoms with E-state index < -0.39 is 40.9 Å². The number of aryl methyl sites for hydroxylation is 1. The van der Waals surface area contributed by atoms with Gasteiger partial charge in [-0.15, -0.1) is 0 Å². The smallest absolute Gasteiger partial charge is 0.265 e. The van der Waals surface area contributed by atoms with Gasteiger partial charge in [0.1, 0.15) is 11.8 Å². The monoisotopic (exact) mass is 623 g/mol. The van der Waals surface area contributed by atoms with Crippen LogP contribution in [0.2, 0.25) is 0 Å². The molecule has 3 aromatic carbocycles. The van der Waals surface area contributed by atoms with Crippen molar-refractivity contribution in [2.45, 2.75) is 81.9 Å². The fraction of sp³-hybridized carbons (Fsp3) is 0.432. The summed E-state index contributed by atoms with van der Waals surface area (Å²) in [7, 11) is 0. The van der Waals surface area contributed by atoms with Crippen LogP contribution in [-0.2, 0) is 19.9 Å². The maximum absolute atomic E-state index is 15.4. The van der Waals surface area contributed by atoms with Crippen LogP contribution in [0.4, 0.5) is 5.69 Å². The van der Waals surface area contributed by atoms with Crippen molar-refractivity contribution >= 4 is 23.3 Å². The molecule has 2 saturated heterocycles. The highest BCUT2D eigenvalue weighted by molar-refractivity contribution is 6.20. The Morgan fingerprint density at radius 3 is 2.35 bits per heavy atom. The lowest BCUT2D eigenvalue weighted by molar-refractivity contribution is -0.157. The van der Waals surface area contributed by atoms with Gasteiger partial charge >= 0.3 is 0 Å². The Balaban J connectivity index is 1.48. The molecule has 3 aromatic rings. The first-order valence-corrected chi connectivity index (χ1v) is 16.5. The van der Waals surface area contributed by atoms with E-state index in [1.165, 1.54) is 4.90 Å². The number of nitrogens with zero attached hydrogens (tertiary/aromatic N) is 1. The Hall–Kier alpha value is -4.05. The van der Waals surface area contributed by atoms with Crippen molar-refractivity contribution in [2.75, 3.05) is 18.1 Å². The van der Waals surface area contributed by atoms with Gasteiger partial charge in [0.2, 0.25) is 5.91 Å². The Morgan fingerprint density at radius 1 is 0.935 bits per heavy atom. The third-order valence-corrected chi connectivity index (χ3v) is 10.2. The van der Waals surface area contributed by atoms with E-state index >= 15 is 9.59 Å². The molecule has 4 aliphatic rings. The summed E-state index contributed by atoms with van der Waals surface area (Å²) in [6, 6.07) is 21.1. The quantitative estimate of drug-likeness (QED) is 0.357. The van der Waals surface area contributed by atoms with E-state index in [4.69, 9.17) is 9.47 Å². The molecule has 3 heterocycles. The molecule has 2 amide bonds. The molecule has 1 aliphatic carbocycles. The summed E-state index contributed by atoms with van der Waals surface area (Å²) >= 11 is 0. The summed E-state index contributed by atoms with van der Waals surface area (Å²) in [5.41, 5.74) is -2.95. The molecule has 1 unspecified atom stereocenters. The number of hydrogen-bond donors (Lipinski definition) is 3. The highest BCUT2D eigenvalue weighted by atomic mass is 16.5. The number of para-hydroxylation sites is 1. The number of Topliss-reactive ketones (excluding diaryl/α,β-unsaturated/α-hetero) is 1. The van der Waals surface area contributed by atoms with Crippen LogP contribution in [0, 0.1) is 12.3 Å². The van der Waals surface area contributed by atoms with Gasteiger partial charge < -0.3 is 19.9 Å². The van der Waals surface area contributed by atoms with E-state index in [9.17, 15) is 9.90 Å². The number of carbonyl (C=O) groups excluding carboxylic acids is 3. The van der Waals surface area contributed by atoms with Crippen molar-refractivity contribution in [3.8, 4) is 5.75 Å². The number of fused-ring (bicyclic) bond motifs is 1. The van der Waals surface area contributed by atoms with Crippen LogP contribution in [-0.4, -0.2) is 60.3 Å². The van der Waals surface area contributed by atoms with Gasteiger partial charge in [0.15, 0.2) is 23.0 Å². The maximum atomic E-state index is 15.4. The van der Waals surface area contributed by atoms with E-state index in [0.29, 0.717) is 24.6 Å². The van der Waals surface area contributed by atoms with E-state index in [0.717, 1.165) is 50.5 Å². The number of rotatable bonds is 7. The van der Waals surface area contributed by atoms with Crippen LogP contribution in [0.1, 0.15) is 66.4 Å². The molecule has 0 radical (unpaired) electrons. The van der Waals surface area contributed by atoms with Crippen molar-refractivity contribution in [3.63, 3.8) is 0 Å². The summed E-state index contributed by atoms with van der Waals surface area (Å²) in [6.07, 6.45) is 5.00. The largest absolute Gasteiger partial charge is 0.473 e. The molecular weight excluding hydrogens is 582 g/mol. The molecule has 3 aliphatic heterocycles. The fourth-order valence-electron chi connectivity index (χ4n) is 7.97. The number of carbonyl (C=O) groups is 3. The Bertz CT molecular complexity index is 1600. The zero-order valence-electron chi connectivity index (χ0n) is 26.1. The maximum Gasteiger partial charge on any atom is 0.265 e. The van der Waals surface area contributed by atoms with E-state index in [1.54, 1.807) is 66.7 Å². The van der Waals surface area contributed by atoms with Gasteiger partial charge in [-0.05, 0) is 62.4 Å². The van der Waals surface area contributed by atoms with Crippen molar-refractivity contribution < 1.29 is 29.0 Å². The third kappa shape index (κ3) is 4.84. The van der Waals surface area contributed by atoms with Gasteiger partial charge in [-0.1, -0.05) is 79.4 Å². The number of hydrogen-bond acceptors (Lipinski definition) is 7.